The second-order valence-corrected chi connectivity index (χ2v) is 6.35. The molecule has 138 valence electrons. The van der Waals surface area contributed by atoms with Crippen molar-refractivity contribution in [3.63, 3.8) is 0 Å². The molecule has 0 saturated carbocycles. The summed E-state index contributed by atoms with van der Waals surface area (Å²) in [6.07, 6.45) is 1.17. The molecular weight excluding hydrogens is 338 g/mol. The molecule has 1 aliphatic rings. The molecule has 0 aliphatic carbocycles. The molecule has 1 saturated heterocycles. The normalized spacial score (nSPS) is 20.8. The average Bonchev–Trinajstić information content (AvgIpc) is 3.29. The molecule has 3 N–H and O–H groups in total. The van der Waals surface area contributed by atoms with Gasteiger partial charge in [-0.2, -0.15) is 0 Å². The van der Waals surface area contributed by atoms with E-state index in [9.17, 15) is 19.8 Å². The van der Waals surface area contributed by atoms with E-state index in [1.807, 2.05) is 24.3 Å². The fraction of sp³-hybridized carbons (Fsp3) is 0.389. The van der Waals surface area contributed by atoms with Crippen molar-refractivity contribution in [2.24, 2.45) is 0 Å². The van der Waals surface area contributed by atoms with Crippen LogP contribution in [0.2, 0.25) is 0 Å². The van der Waals surface area contributed by atoms with E-state index in [1.165, 1.54) is 18.2 Å². The minimum atomic E-state index is -1.21. The van der Waals surface area contributed by atoms with Crippen molar-refractivity contribution in [1.82, 2.24) is 15.2 Å². The van der Waals surface area contributed by atoms with Gasteiger partial charge in [-0.1, -0.05) is 24.3 Å². The highest BCUT2D eigenvalue weighted by Crippen LogP contribution is 2.21. The monoisotopic (exact) mass is 359 g/mol. The first kappa shape index (κ1) is 18.1. The lowest BCUT2D eigenvalue weighted by molar-refractivity contribution is -0.144. The van der Waals surface area contributed by atoms with Gasteiger partial charge >= 0.3 is 0 Å². The molecule has 1 aromatic carbocycles. The highest BCUT2D eigenvalue weighted by atomic mass is 16.3. The van der Waals surface area contributed by atoms with Gasteiger partial charge in [-0.25, -0.2) is 4.98 Å². The van der Waals surface area contributed by atoms with Gasteiger partial charge in [0.1, 0.15) is 12.1 Å². The molecule has 2 aromatic rings. The third-order valence-corrected chi connectivity index (χ3v) is 4.36. The summed E-state index contributed by atoms with van der Waals surface area (Å²) in [5.74, 6) is -0.249. The average molecular weight is 359 g/mol. The fourth-order valence-corrected chi connectivity index (χ4v) is 3.00. The van der Waals surface area contributed by atoms with E-state index in [4.69, 9.17) is 4.42 Å². The van der Waals surface area contributed by atoms with Gasteiger partial charge in [0.05, 0.1) is 12.3 Å². The Morgan fingerprint density at radius 2 is 2.12 bits per heavy atom. The number of nitrogens with zero attached hydrogens (tertiary/aromatic N) is 2. The van der Waals surface area contributed by atoms with E-state index in [0.717, 1.165) is 11.1 Å². The molecule has 2 heterocycles. The van der Waals surface area contributed by atoms with Gasteiger partial charge in [-0.05, 0) is 12.5 Å². The van der Waals surface area contributed by atoms with Gasteiger partial charge in [-0.3, -0.25) is 9.59 Å². The van der Waals surface area contributed by atoms with Crippen molar-refractivity contribution in [2.45, 2.75) is 38.1 Å². The summed E-state index contributed by atoms with van der Waals surface area (Å²) < 4.78 is 5.23. The molecule has 26 heavy (non-hydrogen) atoms. The molecule has 0 bridgehead atoms. The number of rotatable bonds is 5. The summed E-state index contributed by atoms with van der Waals surface area (Å²) in [7, 11) is 0. The first-order chi connectivity index (χ1) is 12.5. The lowest BCUT2D eigenvalue weighted by Crippen LogP contribution is -2.48. The van der Waals surface area contributed by atoms with Crippen LogP contribution in [0.3, 0.4) is 0 Å². The zero-order valence-electron chi connectivity index (χ0n) is 14.3. The number of carbonyl (C=O) groups is 2. The molecular formula is C18H21N3O5. The Labute approximate surface area is 150 Å². The molecule has 0 unspecified atom stereocenters. The first-order valence-corrected chi connectivity index (χ1v) is 8.38. The van der Waals surface area contributed by atoms with E-state index in [1.54, 1.807) is 6.20 Å². The Kier molecular flexibility index (Phi) is 5.34. The lowest BCUT2D eigenvalue weighted by atomic mass is 10.1. The molecule has 1 fully saturated rings. The zero-order valence-corrected chi connectivity index (χ0v) is 14.3. The standard InChI is InChI=1S/C18H21N3O5/c1-11(22)18(25)21-9-14(23)6-15(21)17(24)20-7-12-2-4-13(5-3-12)16-8-19-10-26-16/h2-5,8,10-11,14-15,22-23H,6-7,9H2,1H3,(H,20,24)/t11-,14+,15-/m0/s1. The van der Waals surface area contributed by atoms with Gasteiger partial charge in [0.2, 0.25) is 5.91 Å². The van der Waals surface area contributed by atoms with E-state index >= 15 is 0 Å². The van der Waals surface area contributed by atoms with Crippen molar-refractivity contribution in [3.8, 4) is 11.3 Å². The second kappa shape index (κ2) is 7.67. The van der Waals surface area contributed by atoms with Gasteiger partial charge in [0, 0.05) is 25.1 Å². The number of carbonyl (C=O) groups excluding carboxylic acids is 2. The maximum atomic E-state index is 12.4. The summed E-state index contributed by atoms with van der Waals surface area (Å²) in [6.45, 7) is 1.69. The van der Waals surface area contributed by atoms with E-state index < -0.39 is 24.2 Å². The molecule has 0 spiro atoms. The summed E-state index contributed by atoms with van der Waals surface area (Å²) in [5.41, 5.74) is 1.76. The molecule has 8 heteroatoms. The van der Waals surface area contributed by atoms with Crippen LogP contribution in [0.1, 0.15) is 18.9 Å². The van der Waals surface area contributed by atoms with Crippen LogP contribution < -0.4 is 5.32 Å². The third kappa shape index (κ3) is 3.92. The van der Waals surface area contributed by atoms with E-state index in [0.29, 0.717) is 12.3 Å². The summed E-state index contributed by atoms with van der Waals surface area (Å²) in [6, 6.07) is 6.68. The van der Waals surface area contributed by atoms with Crippen LogP contribution in [-0.4, -0.2) is 56.7 Å². The highest BCUT2D eigenvalue weighted by Gasteiger charge is 2.39. The maximum absolute atomic E-state index is 12.4. The number of oxazole rings is 1. The van der Waals surface area contributed by atoms with Crippen LogP contribution in [0.25, 0.3) is 11.3 Å². The predicted octanol–water partition coefficient (Wildman–Crippen LogP) is 0.300. The van der Waals surface area contributed by atoms with Crippen LogP contribution in [0.4, 0.5) is 0 Å². The lowest BCUT2D eigenvalue weighted by Gasteiger charge is -2.24. The van der Waals surface area contributed by atoms with Crippen molar-refractivity contribution in [3.05, 3.63) is 42.4 Å². The molecule has 3 rings (SSSR count). The first-order valence-electron chi connectivity index (χ1n) is 8.38. The van der Waals surface area contributed by atoms with Crippen LogP contribution in [0.15, 0.2) is 41.3 Å². The molecule has 2 amide bonds. The Morgan fingerprint density at radius 1 is 1.38 bits per heavy atom. The highest BCUT2D eigenvalue weighted by molar-refractivity contribution is 5.89. The number of aromatic nitrogens is 1. The molecule has 1 aromatic heterocycles. The van der Waals surface area contributed by atoms with Crippen molar-refractivity contribution in [2.75, 3.05) is 6.54 Å². The maximum Gasteiger partial charge on any atom is 0.251 e. The molecule has 0 radical (unpaired) electrons. The molecule has 1 aliphatic heterocycles. The Bertz CT molecular complexity index is 758. The quantitative estimate of drug-likeness (QED) is 0.707. The summed E-state index contributed by atoms with van der Waals surface area (Å²) in [4.78, 5) is 29.5. The zero-order chi connectivity index (χ0) is 18.7. The number of nitrogens with one attached hydrogen (secondary N) is 1. The number of β-amino-alcohol motifs (C(OH)–C–C–N with tert-alkyl or cyclic N) is 1. The Balaban J connectivity index is 1.60. The number of aliphatic hydroxyl groups excluding tert-OH is 2. The van der Waals surface area contributed by atoms with Crippen molar-refractivity contribution >= 4 is 11.8 Å². The van der Waals surface area contributed by atoms with E-state index in [-0.39, 0.29) is 18.9 Å². The number of aliphatic hydroxyl groups is 2. The van der Waals surface area contributed by atoms with Crippen LogP contribution in [0.5, 0.6) is 0 Å². The smallest absolute Gasteiger partial charge is 0.251 e. The predicted molar refractivity (Wildman–Crippen MR) is 91.6 cm³/mol. The summed E-state index contributed by atoms with van der Waals surface area (Å²) in [5, 5.41) is 22.0. The van der Waals surface area contributed by atoms with Gasteiger partial charge in [-0.15, -0.1) is 0 Å². The minimum Gasteiger partial charge on any atom is -0.444 e. The molecule has 3 atom stereocenters. The fourth-order valence-electron chi connectivity index (χ4n) is 3.00. The summed E-state index contributed by atoms with van der Waals surface area (Å²) >= 11 is 0. The Morgan fingerprint density at radius 3 is 2.73 bits per heavy atom. The molecule has 8 nitrogen and oxygen atoms in total. The number of benzene rings is 1. The SMILES string of the molecule is C[C@H](O)C(=O)N1C[C@H](O)C[C@H]1C(=O)NCc1ccc(-c2cnco2)cc1. The largest absolute Gasteiger partial charge is 0.444 e. The number of hydrogen-bond acceptors (Lipinski definition) is 6. The van der Waals surface area contributed by atoms with Gasteiger partial charge in [0.25, 0.3) is 5.91 Å². The van der Waals surface area contributed by atoms with Crippen molar-refractivity contribution < 1.29 is 24.2 Å². The minimum absolute atomic E-state index is 0.0493. The third-order valence-electron chi connectivity index (χ3n) is 4.36. The van der Waals surface area contributed by atoms with E-state index in [2.05, 4.69) is 10.3 Å². The Hall–Kier alpha value is -2.71. The van der Waals surface area contributed by atoms with Crippen LogP contribution >= 0.6 is 0 Å². The van der Waals surface area contributed by atoms with Crippen LogP contribution in [-0.2, 0) is 16.1 Å². The van der Waals surface area contributed by atoms with Gasteiger partial charge in [0.15, 0.2) is 12.2 Å². The number of hydrogen-bond donors (Lipinski definition) is 3. The second-order valence-electron chi connectivity index (χ2n) is 6.35. The number of likely N-dealkylation sites (tertiary alicyclic amines) is 1. The van der Waals surface area contributed by atoms with Crippen molar-refractivity contribution in [1.29, 1.82) is 0 Å². The topological polar surface area (TPSA) is 116 Å². The number of amides is 2. The van der Waals surface area contributed by atoms with Crippen LogP contribution in [0, 0.1) is 0 Å². The van der Waals surface area contributed by atoms with Gasteiger partial charge < -0.3 is 24.8 Å².